The number of rotatable bonds is 7. The Labute approximate surface area is 166 Å². The second-order valence-corrected chi connectivity index (χ2v) is 6.31. The zero-order valence-electron chi connectivity index (χ0n) is 16.0. The van der Waals surface area contributed by atoms with Gasteiger partial charge in [0.25, 0.3) is 0 Å². The maximum Gasteiger partial charge on any atom is 0.321 e. The van der Waals surface area contributed by atoms with Crippen molar-refractivity contribution in [3.8, 4) is 5.75 Å². The molecule has 0 saturated carbocycles. The topological polar surface area (TPSA) is 91.9 Å². The van der Waals surface area contributed by atoms with Gasteiger partial charge in [-0.3, -0.25) is 15.0 Å². The van der Waals surface area contributed by atoms with Crippen LogP contribution in [0.3, 0.4) is 0 Å². The van der Waals surface area contributed by atoms with Crippen molar-refractivity contribution >= 4 is 24.3 Å². The maximum atomic E-state index is 12.3. The molecule has 1 fully saturated rings. The van der Waals surface area contributed by atoms with E-state index in [4.69, 9.17) is 9.47 Å². The number of nitrogens with one attached hydrogen (secondary N) is 3. The number of piperazine rings is 1. The van der Waals surface area contributed by atoms with E-state index in [0.29, 0.717) is 19.7 Å². The molecule has 152 valence electrons. The third kappa shape index (κ3) is 6.99. The molecule has 1 aliphatic heterocycles. The van der Waals surface area contributed by atoms with Crippen LogP contribution in [0.4, 0.5) is 4.79 Å². The summed E-state index contributed by atoms with van der Waals surface area (Å²) in [6.45, 7) is 4.53. The molecule has 1 aliphatic rings. The van der Waals surface area contributed by atoms with Crippen molar-refractivity contribution in [3.63, 3.8) is 0 Å². The van der Waals surface area contributed by atoms with Gasteiger partial charge in [0.15, 0.2) is 0 Å². The highest BCUT2D eigenvalue weighted by molar-refractivity contribution is 5.95. The molecular formula is C18H29ClN4O4. The number of nitrogens with zero attached hydrogens (tertiary/aromatic N) is 1. The molecule has 1 saturated heterocycles. The second kappa shape index (κ2) is 11.8. The fraction of sp³-hybridized carbons (Fsp3) is 0.556. The monoisotopic (exact) mass is 400 g/mol. The van der Waals surface area contributed by atoms with Gasteiger partial charge >= 0.3 is 6.03 Å². The van der Waals surface area contributed by atoms with Gasteiger partial charge < -0.3 is 20.1 Å². The summed E-state index contributed by atoms with van der Waals surface area (Å²) in [5.74, 6) is 0.451. The van der Waals surface area contributed by atoms with E-state index in [0.717, 1.165) is 17.9 Å². The molecule has 0 radical (unpaired) electrons. The average molecular weight is 401 g/mol. The van der Waals surface area contributed by atoms with E-state index in [-0.39, 0.29) is 36.9 Å². The Morgan fingerprint density at radius 3 is 2.78 bits per heavy atom. The minimum atomic E-state index is -0.511. The van der Waals surface area contributed by atoms with Crippen LogP contribution in [0.15, 0.2) is 24.3 Å². The summed E-state index contributed by atoms with van der Waals surface area (Å²) in [4.78, 5) is 26.2. The average Bonchev–Trinajstić information content (AvgIpc) is 2.62. The van der Waals surface area contributed by atoms with Gasteiger partial charge in [0.2, 0.25) is 5.91 Å². The molecule has 2 rings (SSSR count). The minimum absolute atomic E-state index is 0. The molecule has 0 spiro atoms. The fourth-order valence-corrected chi connectivity index (χ4v) is 3.09. The number of imide groups is 1. The molecule has 27 heavy (non-hydrogen) atoms. The van der Waals surface area contributed by atoms with E-state index in [1.165, 1.54) is 0 Å². The molecule has 2 atom stereocenters. The van der Waals surface area contributed by atoms with E-state index in [1.54, 1.807) is 14.2 Å². The lowest BCUT2D eigenvalue weighted by atomic mass is 10.0. The quantitative estimate of drug-likeness (QED) is 0.630. The largest absolute Gasteiger partial charge is 0.496 e. The third-order valence-electron chi connectivity index (χ3n) is 4.25. The molecule has 1 aromatic carbocycles. The predicted octanol–water partition coefficient (Wildman–Crippen LogP) is 0.924. The molecule has 3 N–H and O–H groups in total. The molecule has 1 heterocycles. The van der Waals surface area contributed by atoms with Gasteiger partial charge in [0.05, 0.1) is 32.3 Å². The number of methoxy groups -OCH3 is 2. The molecule has 9 heteroatoms. The number of benzene rings is 1. The highest BCUT2D eigenvalue weighted by Gasteiger charge is 2.28. The molecule has 0 bridgehead atoms. The van der Waals surface area contributed by atoms with Crippen LogP contribution < -0.4 is 20.7 Å². The Bertz CT molecular complexity index is 617. The van der Waals surface area contributed by atoms with Crippen molar-refractivity contribution in [3.05, 3.63) is 29.8 Å². The number of amides is 3. The Balaban J connectivity index is 0.00000364. The predicted molar refractivity (Wildman–Crippen MR) is 105 cm³/mol. The second-order valence-electron chi connectivity index (χ2n) is 6.31. The number of hydrogen-bond acceptors (Lipinski definition) is 6. The summed E-state index contributed by atoms with van der Waals surface area (Å²) in [6, 6.07) is 7.10. The van der Waals surface area contributed by atoms with E-state index in [1.807, 2.05) is 31.2 Å². The Kier molecular flexibility index (Phi) is 10.1. The van der Waals surface area contributed by atoms with Crippen molar-refractivity contribution < 1.29 is 19.1 Å². The molecule has 2 unspecified atom stereocenters. The molecule has 0 aliphatic carbocycles. The molecular weight excluding hydrogens is 372 g/mol. The lowest BCUT2D eigenvalue weighted by molar-refractivity contribution is -0.122. The van der Waals surface area contributed by atoms with E-state index >= 15 is 0 Å². The molecule has 1 aromatic rings. The third-order valence-corrected chi connectivity index (χ3v) is 4.25. The lowest BCUT2D eigenvalue weighted by Crippen LogP contribution is -2.52. The number of urea groups is 1. The van der Waals surface area contributed by atoms with Crippen LogP contribution in [0.5, 0.6) is 5.75 Å². The number of carbonyl (C=O) groups is 2. The van der Waals surface area contributed by atoms with Gasteiger partial charge in [-0.05, 0) is 13.0 Å². The summed E-state index contributed by atoms with van der Waals surface area (Å²) in [6.07, 6.45) is 0. The number of ether oxygens (including phenoxy) is 2. The van der Waals surface area contributed by atoms with Crippen molar-refractivity contribution in [2.75, 3.05) is 47.0 Å². The van der Waals surface area contributed by atoms with Crippen molar-refractivity contribution in [1.82, 2.24) is 20.9 Å². The van der Waals surface area contributed by atoms with Crippen molar-refractivity contribution in [2.45, 2.75) is 19.0 Å². The smallest absolute Gasteiger partial charge is 0.321 e. The Hall–Kier alpha value is -1.87. The van der Waals surface area contributed by atoms with Crippen LogP contribution in [0.1, 0.15) is 18.5 Å². The van der Waals surface area contributed by atoms with Gasteiger partial charge in [-0.25, -0.2) is 4.79 Å². The van der Waals surface area contributed by atoms with Crippen LogP contribution in [0.25, 0.3) is 0 Å². The van der Waals surface area contributed by atoms with Crippen LogP contribution in [-0.2, 0) is 9.53 Å². The summed E-state index contributed by atoms with van der Waals surface area (Å²) >= 11 is 0. The first kappa shape index (κ1) is 23.2. The van der Waals surface area contributed by atoms with Crippen LogP contribution in [-0.4, -0.2) is 69.9 Å². The SMILES string of the molecule is COCC(C)NC(=O)NC(=O)CN1CCNCC1c1ccccc1OC.Cl. The van der Waals surface area contributed by atoms with E-state index < -0.39 is 6.03 Å². The first-order valence-electron chi connectivity index (χ1n) is 8.72. The van der Waals surface area contributed by atoms with Gasteiger partial charge in [-0.15, -0.1) is 12.4 Å². The van der Waals surface area contributed by atoms with Crippen LogP contribution in [0.2, 0.25) is 0 Å². The molecule has 0 aromatic heterocycles. The maximum absolute atomic E-state index is 12.3. The minimum Gasteiger partial charge on any atom is -0.496 e. The number of hydrogen-bond donors (Lipinski definition) is 3. The summed E-state index contributed by atoms with van der Waals surface area (Å²) in [5, 5.41) is 8.39. The first-order chi connectivity index (χ1) is 12.5. The standard InChI is InChI=1S/C18H28N4O4.ClH/c1-13(12-25-2)20-18(24)21-17(23)11-22-9-8-19-10-15(22)14-6-4-5-7-16(14)26-3;/h4-7,13,15,19H,8-12H2,1-3H3,(H2,20,21,23,24);1H. The van der Waals surface area contributed by atoms with Crippen LogP contribution in [0, 0.1) is 0 Å². The number of halogens is 1. The summed E-state index contributed by atoms with van der Waals surface area (Å²) < 4.78 is 10.4. The Morgan fingerprint density at radius 2 is 2.07 bits per heavy atom. The summed E-state index contributed by atoms with van der Waals surface area (Å²) in [7, 11) is 3.20. The van der Waals surface area contributed by atoms with Crippen molar-refractivity contribution in [2.24, 2.45) is 0 Å². The highest BCUT2D eigenvalue weighted by Crippen LogP contribution is 2.29. The van der Waals surface area contributed by atoms with E-state index in [2.05, 4.69) is 20.9 Å². The van der Waals surface area contributed by atoms with Crippen LogP contribution >= 0.6 is 12.4 Å². The van der Waals surface area contributed by atoms with Gasteiger partial charge in [0, 0.05) is 32.3 Å². The van der Waals surface area contributed by atoms with Gasteiger partial charge in [-0.2, -0.15) is 0 Å². The normalized spacial score (nSPS) is 18.1. The zero-order valence-corrected chi connectivity index (χ0v) is 16.8. The summed E-state index contributed by atoms with van der Waals surface area (Å²) in [5.41, 5.74) is 1.02. The molecule has 8 nitrogen and oxygen atoms in total. The van der Waals surface area contributed by atoms with Gasteiger partial charge in [-0.1, -0.05) is 18.2 Å². The number of carbonyl (C=O) groups excluding carboxylic acids is 2. The van der Waals surface area contributed by atoms with E-state index in [9.17, 15) is 9.59 Å². The number of para-hydroxylation sites is 1. The zero-order chi connectivity index (χ0) is 18.9. The van der Waals surface area contributed by atoms with Crippen molar-refractivity contribution in [1.29, 1.82) is 0 Å². The lowest BCUT2D eigenvalue weighted by Gasteiger charge is -2.36. The van der Waals surface area contributed by atoms with Gasteiger partial charge in [0.1, 0.15) is 5.75 Å². The Morgan fingerprint density at radius 1 is 1.33 bits per heavy atom. The molecule has 3 amide bonds. The first-order valence-corrected chi connectivity index (χ1v) is 8.72. The highest BCUT2D eigenvalue weighted by atomic mass is 35.5. The fourth-order valence-electron chi connectivity index (χ4n) is 3.09.